The normalized spacial score (nSPS) is 13.5. The number of aliphatic carboxylic acids is 1. The maximum Gasteiger partial charge on any atom is 0.329 e. The first-order chi connectivity index (χ1) is 9.90. The molecule has 0 aliphatic rings. The number of carboxylic acids is 1. The van der Waals surface area contributed by atoms with E-state index in [0.717, 1.165) is 5.56 Å². The first kappa shape index (κ1) is 15.0. The maximum atomic E-state index is 13.8. The topological polar surface area (TPSA) is 49.3 Å². The minimum atomic E-state index is -1.28. The van der Waals surface area contributed by atoms with Crippen LogP contribution in [0.2, 0.25) is 0 Å². The summed E-state index contributed by atoms with van der Waals surface area (Å²) in [5.74, 6) is -1.41. The molecule has 1 atom stereocenters. The minimum Gasteiger partial charge on any atom is -0.480 e. The number of hydrogen-bond acceptors (Lipinski definition) is 2. The number of benzene rings is 2. The van der Waals surface area contributed by atoms with E-state index in [-0.39, 0.29) is 6.42 Å². The molecule has 0 aliphatic heterocycles. The van der Waals surface area contributed by atoms with Crippen molar-refractivity contribution in [2.75, 3.05) is 5.32 Å². The molecule has 21 heavy (non-hydrogen) atoms. The van der Waals surface area contributed by atoms with Gasteiger partial charge in [0.2, 0.25) is 0 Å². The van der Waals surface area contributed by atoms with Gasteiger partial charge in [0.05, 0.1) is 0 Å². The van der Waals surface area contributed by atoms with Crippen molar-refractivity contribution in [1.29, 1.82) is 0 Å². The molecule has 0 spiro atoms. The second-order valence-corrected chi connectivity index (χ2v) is 5.40. The lowest BCUT2D eigenvalue weighted by atomic mass is 9.92. The zero-order chi connectivity index (χ0) is 15.5. The zero-order valence-corrected chi connectivity index (χ0v) is 12.1. The van der Waals surface area contributed by atoms with Crippen molar-refractivity contribution in [3.63, 3.8) is 0 Å². The fraction of sp³-hybridized carbons (Fsp3) is 0.235. The molecule has 0 fully saturated rings. The van der Waals surface area contributed by atoms with Gasteiger partial charge in [-0.15, -0.1) is 0 Å². The molecular weight excluding hydrogens is 269 g/mol. The molecule has 0 aliphatic carbocycles. The van der Waals surface area contributed by atoms with Crippen LogP contribution in [0.4, 0.5) is 10.1 Å². The van der Waals surface area contributed by atoms with Gasteiger partial charge in [-0.1, -0.05) is 35.9 Å². The summed E-state index contributed by atoms with van der Waals surface area (Å²) in [4.78, 5) is 11.6. The van der Waals surface area contributed by atoms with Crippen LogP contribution in [0.3, 0.4) is 0 Å². The van der Waals surface area contributed by atoms with E-state index in [2.05, 4.69) is 5.32 Å². The second-order valence-electron chi connectivity index (χ2n) is 5.40. The van der Waals surface area contributed by atoms with Crippen molar-refractivity contribution < 1.29 is 14.3 Å². The van der Waals surface area contributed by atoms with E-state index in [1.165, 1.54) is 6.07 Å². The lowest BCUT2D eigenvalue weighted by Crippen LogP contribution is -2.45. The van der Waals surface area contributed by atoms with Crippen LogP contribution in [0.1, 0.15) is 18.1 Å². The molecule has 0 saturated heterocycles. The van der Waals surface area contributed by atoms with Gasteiger partial charge in [-0.3, -0.25) is 0 Å². The zero-order valence-electron chi connectivity index (χ0n) is 12.1. The van der Waals surface area contributed by atoms with Crippen molar-refractivity contribution in [1.82, 2.24) is 0 Å². The molecule has 0 bridgehead atoms. The van der Waals surface area contributed by atoms with Gasteiger partial charge < -0.3 is 10.4 Å². The van der Waals surface area contributed by atoms with Crippen molar-refractivity contribution in [2.45, 2.75) is 25.8 Å². The third-order valence-corrected chi connectivity index (χ3v) is 3.45. The second kappa shape index (κ2) is 5.95. The fourth-order valence-electron chi connectivity index (χ4n) is 2.15. The molecule has 0 aromatic heterocycles. The largest absolute Gasteiger partial charge is 0.480 e. The molecule has 2 rings (SSSR count). The average Bonchev–Trinajstić information content (AvgIpc) is 2.44. The monoisotopic (exact) mass is 287 g/mol. The molecule has 2 N–H and O–H groups in total. The van der Waals surface area contributed by atoms with Gasteiger partial charge in [-0.2, -0.15) is 0 Å². The van der Waals surface area contributed by atoms with Crippen LogP contribution in [0, 0.1) is 12.7 Å². The van der Waals surface area contributed by atoms with Crippen molar-refractivity contribution >= 4 is 11.7 Å². The van der Waals surface area contributed by atoms with Crippen molar-refractivity contribution in [2.24, 2.45) is 0 Å². The summed E-state index contributed by atoms with van der Waals surface area (Å²) in [7, 11) is 0. The molecule has 4 heteroatoms. The molecule has 0 amide bonds. The van der Waals surface area contributed by atoms with Crippen LogP contribution >= 0.6 is 0 Å². The summed E-state index contributed by atoms with van der Waals surface area (Å²) in [6.07, 6.45) is 0.0584. The highest BCUT2D eigenvalue weighted by Gasteiger charge is 2.34. The highest BCUT2D eigenvalue weighted by molar-refractivity contribution is 5.82. The van der Waals surface area contributed by atoms with Gasteiger partial charge in [-0.25, -0.2) is 9.18 Å². The van der Waals surface area contributed by atoms with Crippen molar-refractivity contribution in [3.05, 3.63) is 65.5 Å². The lowest BCUT2D eigenvalue weighted by Gasteiger charge is -2.28. The fourth-order valence-corrected chi connectivity index (χ4v) is 2.15. The smallest absolute Gasteiger partial charge is 0.329 e. The molecular formula is C17H18FNO2. The number of nitrogens with one attached hydrogen (secondary N) is 1. The Hall–Kier alpha value is -2.36. The number of carboxylic acid groups (broad SMARTS) is 1. The van der Waals surface area contributed by atoms with Crippen LogP contribution in [0.25, 0.3) is 0 Å². The van der Waals surface area contributed by atoms with Crippen LogP contribution in [-0.2, 0) is 11.2 Å². The highest BCUT2D eigenvalue weighted by Crippen LogP contribution is 2.22. The molecule has 2 aromatic carbocycles. The molecule has 0 saturated carbocycles. The van der Waals surface area contributed by atoms with Gasteiger partial charge in [0.1, 0.15) is 11.4 Å². The Morgan fingerprint density at radius 1 is 1.19 bits per heavy atom. The summed E-state index contributed by atoms with van der Waals surface area (Å²) in [6.45, 7) is 3.52. The predicted molar refractivity (Wildman–Crippen MR) is 80.9 cm³/mol. The van der Waals surface area contributed by atoms with E-state index >= 15 is 0 Å². The van der Waals surface area contributed by atoms with Gasteiger partial charge in [0.25, 0.3) is 0 Å². The van der Waals surface area contributed by atoms with Crippen LogP contribution in [0.5, 0.6) is 0 Å². The van der Waals surface area contributed by atoms with E-state index in [9.17, 15) is 14.3 Å². The maximum absolute atomic E-state index is 13.8. The predicted octanol–water partition coefficient (Wildman–Crippen LogP) is 3.63. The Bertz CT molecular complexity index is 639. The number of hydrogen-bond donors (Lipinski definition) is 2. The van der Waals surface area contributed by atoms with Crippen molar-refractivity contribution in [3.8, 4) is 0 Å². The molecule has 3 nitrogen and oxygen atoms in total. The minimum absolute atomic E-state index is 0.0584. The third-order valence-electron chi connectivity index (χ3n) is 3.45. The van der Waals surface area contributed by atoms with Crippen LogP contribution < -0.4 is 5.32 Å². The first-order valence-corrected chi connectivity index (χ1v) is 6.72. The number of halogens is 1. The molecule has 0 heterocycles. The van der Waals surface area contributed by atoms with E-state index in [4.69, 9.17) is 0 Å². The molecule has 2 aromatic rings. The Morgan fingerprint density at radius 3 is 2.38 bits per heavy atom. The Morgan fingerprint density at radius 2 is 1.81 bits per heavy atom. The van der Waals surface area contributed by atoms with Crippen LogP contribution in [-0.4, -0.2) is 16.6 Å². The summed E-state index contributed by atoms with van der Waals surface area (Å²) in [5, 5.41) is 12.5. The standard InChI is InChI=1S/C17H18FNO2/c1-12-7-9-14(10-8-12)19-17(2,16(20)21)11-13-5-3-4-6-15(13)18/h3-10,19H,11H2,1-2H3,(H,20,21). The molecule has 1 unspecified atom stereocenters. The Labute approximate surface area is 123 Å². The summed E-state index contributed by atoms with van der Waals surface area (Å²) < 4.78 is 13.8. The average molecular weight is 287 g/mol. The number of carbonyl (C=O) groups is 1. The van der Waals surface area contributed by atoms with E-state index in [1.54, 1.807) is 25.1 Å². The number of rotatable bonds is 5. The van der Waals surface area contributed by atoms with Crippen LogP contribution in [0.15, 0.2) is 48.5 Å². The van der Waals surface area contributed by atoms with Gasteiger partial charge in [0, 0.05) is 12.1 Å². The number of anilines is 1. The summed E-state index contributed by atoms with van der Waals surface area (Å²) in [5.41, 5.74) is 0.882. The summed E-state index contributed by atoms with van der Waals surface area (Å²) in [6, 6.07) is 13.7. The van der Waals surface area contributed by atoms with E-state index in [0.29, 0.717) is 11.3 Å². The van der Waals surface area contributed by atoms with Gasteiger partial charge >= 0.3 is 5.97 Å². The Balaban J connectivity index is 2.26. The van der Waals surface area contributed by atoms with Gasteiger partial charge in [-0.05, 0) is 37.6 Å². The van der Waals surface area contributed by atoms with Gasteiger partial charge in [0.15, 0.2) is 0 Å². The first-order valence-electron chi connectivity index (χ1n) is 6.72. The van der Waals surface area contributed by atoms with E-state index in [1.807, 2.05) is 31.2 Å². The Kier molecular flexibility index (Phi) is 4.26. The quantitative estimate of drug-likeness (QED) is 0.883. The highest BCUT2D eigenvalue weighted by atomic mass is 19.1. The molecule has 0 radical (unpaired) electrons. The number of aryl methyl sites for hydroxylation is 1. The summed E-state index contributed by atoms with van der Waals surface area (Å²) >= 11 is 0. The van der Waals surface area contributed by atoms with E-state index < -0.39 is 17.3 Å². The SMILES string of the molecule is Cc1ccc(NC(C)(Cc2ccccc2F)C(=O)O)cc1. The molecule has 110 valence electrons. The third kappa shape index (κ3) is 3.60. The lowest BCUT2D eigenvalue weighted by molar-refractivity contribution is -0.141.